The molecule has 132 valence electrons. The van der Waals surface area contributed by atoms with Crippen LogP contribution in [0.4, 0.5) is 11.4 Å². The maximum Gasteiger partial charge on any atom is 0.0367 e. The smallest absolute Gasteiger partial charge is 0.0367 e. The van der Waals surface area contributed by atoms with Crippen molar-refractivity contribution in [3.63, 3.8) is 0 Å². The Hall–Kier alpha value is -1.22. The van der Waals surface area contributed by atoms with E-state index < -0.39 is 0 Å². The number of hydrogen-bond donors (Lipinski definition) is 2. The Kier molecular flexibility index (Phi) is 11.4. The zero-order chi connectivity index (χ0) is 16.8. The van der Waals surface area contributed by atoms with Gasteiger partial charge < -0.3 is 16.0 Å². The van der Waals surface area contributed by atoms with Gasteiger partial charge in [-0.15, -0.1) is 0 Å². The van der Waals surface area contributed by atoms with Gasteiger partial charge in [0.15, 0.2) is 0 Å². The van der Waals surface area contributed by atoms with Gasteiger partial charge in [0.2, 0.25) is 0 Å². The Balaban J connectivity index is 2.20. The van der Waals surface area contributed by atoms with Crippen LogP contribution in [0.5, 0.6) is 0 Å². The van der Waals surface area contributed by atoms with Gasteiger partial charge in [0, 0.05) is 24.5 Å². The van der Waals surface area contributed by atoms with E-state index in [1.54, 1.807) is 0 Å². The van der Waals surface area contributed by atoms with Gasteiger partial charge in [-0.3, -0.25) is 0 Å². The van der Waals surface area contributed by atoms with Crippen molar-refractivity contribution in [1.29, 1.82) is 0 Å². The van der Waals surface area contributed by atoms with Gasteiger partial charge in [0.1, 0.15) is 0 Å². The average Bonchev–Trinajstić information content (AvgIpc) is 2.57. The quantitative estimate of drug-likeness (QED) is 0.381. The molecule has 0 heterocycles. The largest absolute Gasteiger partial charge is 0.399 e. The van der Waals surface area contributed by atoms with Gasteiger partial charge >= 0.3 is 0 Å². The van der Waals surface area contributed by atoms with E-state index in [4.69, 9.17) is 5.73 Å². The number of nitrogens with zero attached hydrogens (tertiary/aromatic N) is 1. The number of rotatable bonds is 14. The maximum atomic E-state index is 5.80. The summed E-state index contributed by atoms with van der Waals surface area (Å²) in [5.74, 6) is 0. The monoisotopic (exact) mass is 319 g/mol. The molecule has 3 nitrogen and oxygen atoms in total. The van der Waals surface area contributed by atoms with E-state index in [0.717, 1.165) is 18.8 Å². The number of anilines is 2. The van der Waals surface area contributed by atoms with Crippen molar-refractivity contribution in [3.05, 3.63) is 24.3 Å². The van der Waals surface area contributed by atoms with Gasteiger partial charge in [0.25, 0.3) is 0 Å². The van der Waals surface area contributed by atoms with E-state index in [-0.39, 0.29) is 0 Å². The first-order chi connectivity index (χ1) is 11.3. The number of benzene rings is 1. The minimum atomic E-state index is 0.847. The molecule has 0 atom stereocenters. The predicted molar refractivity (Wildman–Crippen MR) is 104 cm³/mol. The molecule has 0 aliphatic rings. The van der Waals surface area contributed by atoms with Crippen LogP contribution < -0.4 is 16.0 Å². The van der Waals surface area contributed by atoms with E-state index >= 15 is 0 Å². The van der Waals surface area contributed by atoms with Crippen LogP contribution in [0.2, 0.25) is 0 Å². The lowest BCUT2D eigenvalue weighted by molar-refractivity contribution is 0.569. The van der Waals surface area contributed by atoms with Crippen molar-refractivity contribution in [3.8, 4) is 0 Å². The van der Waals surface area contributed by atoms with Crippen molar-refractivity contribution in [2.24, 2.45) is 0 Å². The fourth-order valence-corrected chi connectivity index (χ4v) is 2.74. The summed E-state index contributed by atoms with van der Waals surface area (Å²) in [5, 5.41) is 3.52. The van der Waals surface area contributed by atoms with Crippen molar-refractivity contribution in [2.45, 2.75) is 65.2 Å². The first-order valence-electron chi connectivity index (χ1n) is 9.59. The molecule has 1 aromatic rings. The van der Waals surface area contributed by atoms with Crippen LogP contribution in [0.3, 0.4) is 0 Å². The lowest BCUT2D eigenvalue weighted by atomic mass is 10.1. The van der Waals surface area contributed by atoms with Crippen LogP contribution >= 0.6 is 0 Å². The average molecular weight is 320 g/mol. The first-order valence-corrected chi connectivity index (χ1v) is 9.59. The summed E-state index contributed by atoms with van der Waals surface area (Å²) >= 11 is 0. The van der Waals surface area contributed by atoms with Gasteiger partial charge in [-0.1, -0.05) is 39.5 Å². The molecule has 0 aliphatic carbocycles. The highest BCUT2D eigenvalue weighted by Crippen LogP contribution is 2.18. The number of unbranched alkanes of at least 4 members (excludes halogenated alkanes) is 5. The van der Waals surface area contributed by atoms with E-state index in [1.807, 2.05) is 12.1 Å². The van der Waals surface area contributed by atoms with Gasteiger partial charge in [0.05, 0.1) is 0 Å². The third-order valence-electron chi connectivity index (χ3n) is 4.28. The molecule has 0 spiro atoms. The van der Waals surface area contributed by atoms with E-state index in [1.165, 1.54) is 70.1 Å². The normalized spacial score (nSPS) is 10.9. The van der Waals surface area contributed by atoms with Gasteiger partial charge in [-0.2, -0.15) is 0 Å². The Morgan fingerprint density at radius 2 is 1.39 bits per heavy atom. The minimum Gasteiger partial charge on any atom is -0.399 e. The highest BCUT2D eigenvalue weighted by molar-refractivity contribution is 5.53. The van der Waals surface area contributed by atoms with Crippen molar-refractivity contribution in [2.75, 3.05) is 36.8 Å². The molecule has 0 aliphatic heterocycles. The number of nitrogens with one attached hydrogen (secondary N) is 1. The number of nitrogens with two attached hydrogens (primary N) is 1. The second-order valence-corrected chi connectivity index (χ2v) is 6.45. The molecule has 0 amide bonds. The van der Waals surface area contributed by atoms with Crippen LogP contribution in [0, 0.1) is 0 Å². The standard InChI is InChI=1S/C20H37N3/c1-3-5-15-22-16-9-7-8-10-18-23(17-6-4-2)20-13-11-19(21)12-14-20/h11-14,22H,3-10,15-18,21H2,1-2H3. The molecule has 3 heteroatoms. The minimum absolute atomic E-state index is 0.847. The molecule has 3 N–H and O–H groups in total. The fraction of sp³-hybridized carbons (Fsp3) is 0.700. The van der Waals surface area contributed by atoms with E-state index in [0.29, 0.717) is 0 Å². The second kappa shape index (κ2) is 13.2. The summed E-state index contributed by atoms with van der Waals surface area (Å²) in [6.45, 7) is 9.17. The number of hydrogen-bond acceptors (Lipinski definition) is 3. The fourth-order valence-electron chi connectivity index (χ4n) is 2.74. The molecule has 1 aromatic carbocycles. The Morgan fingerprint density at radius 3 is 2.09 bits per heavy atom. The molecular weight excluding hydrogens is 282 g/mol. The molecule has 0 saturated heterocycles. The van der Waals surface area contributed by atoms with Crippen molar-refractivity contribution >= 4 is 11.4 Å². The van der Waals surface area contributed by atoms with Crippen molar-refractivity contribution in [1.82, 2.24) is 5.32 Å². The molecule has 0 aromatic heterocycles. The molecule has 23 heavy (non-hydrogen) atoms. The van der Waals surface area contributed by atoms with Crippen LogP contribution in [0.1, 0.15) is 65.2 Å². The zero-order valence-corrected chi connectivity index (χ0v) is 15.3. The summed E-state index contributed by atoms with van der Waals surface area (Å²) in [7, 11) is 0. The van der Waals surface area contributed by atoms with E-state index in [9.17, 15) is 0 Å². The summed E-state index contributed by atoms with van der Waals surface area (Å²) < 4.78 is 0. The molecule has 1 rings (SSSR count). The van der Waals surface area contributed by atoms with Crippen LogP contribution in [0.25, 0.3) is 0 Å². The predicted octanol–water partition coefficient (Wildman–Crippen LogP) is 4.83. The van der Waals surface area contributed by atoms with E-state index in [2.05, 4.69) is 36.2 Å². The molecule has 0 bridgehead atoms. The Labute approximate surface area is 143 Å². The van der Waals surface area contributed by atoms with Crippen LogP contribution in [0.15, 0.2) is 24.3 Å². The van der Waals surface area contributed by atoms with Crippen molar-refractivity contribution < 1.29 is 0 Å². The highest BCUT2D eigenvalue weighted by atomic mass is 15.1. The summed E-state index contributed by atoms with van der Waals surface area (Å²) in [6.07, 6.45) is 10.3. The molecule has 0 radical (unpaired) electrons. The third-order valence-corrected chi connectivity index (χ3v) is 4.28. The molecule has 0 unspecified atom stereocenters. The third kappa shape index (κ3) is 9.50. The topological polar surface area (TPSA) is 41.3 Å². The molecular formula is C20H37N3. The number of nitrogen functional groups attached to an aromatic ring is 1. The lowest BCUT2D eigenvalue weighted by Gasteiger charge is -2.25. The van der Waals surface area contributed by atoms with Gasteiger partial charge in [-0.25, -0.2) is 0 Å². The molecule has 0 fully saturated rings. The Morgan fingerprint density at radius 1 is 0.783 bits per heavy atom. The highest BCUT2D eigenvalue weighted by Gasteiger charge is 2.05. The van der Waals surface area contributed by atoms with Crippen LogP contribution in [-0.2, 0) is 0 Å². The Bertz CT molecular complexity index is 375. The molecule has 0 saturated carbocycles. The maximum absolute atomic E-state index is 5.80. The summed E-state index contributed by atoms with van der Waals surface area (Å²) in [5.41, 5.74) is 7.96. The lowest BCUT2D eigenvalue weighted by Crippen LogP contribution is -2.25. The van der Waals surface area contributed by atoms with Gasteiger partial charge in [-0.05, 0) is 63.0 Å². The zero-order valence-electron chi connectivity index (χ0n) is 15.3. The SMILES string of the molecule is CCCCNCCCCCCN(CCCC)c1ccc(N)cc1. The summed E-state index contributed by atoms with van der Waals surface area (Å²) in [6, 6.07) is 8.33. The summed E-state index contributed by atoms with van der Waals surface area (Å²) in [4.78, 5) is 2.52. The second-order valence-electron chi connectivity index (χ2n) is 6.45. The first kappa shape index (κ1) is 19.8. The van der Waals surface area contributed by atoms with Crippen LogP contribution in [-0.4, -0.2) is 26.2 Å².